The van der Waals surface area contributed by atoms with E-state index in [2.05, 4.69) is 65.8 Å². The minimum absolute atomic E-state index is 0.0632. The SMILES string of the molecule is CC(=O)O[C@H]1CC[C@H](C)[C@@H]2[C@@H]1C=C(C)[C@H]1/C(C)=C/CC/C(C)=C/[C@@H]3C=C(C)[C@H](C)C[C@]34OC(=O)C(=C(O)[C@@]21C)C4=O. The highest BCUT2D eigenvalue weighted by Crippen LogP contribution is 2.61. The van der Waals surface area contributed by atoms with E-state index in [9.17, 15) is 19.5 Å². The van der Waals surface area contributed by atoms with Crippen molar-refractivity contribution in [3.05, 3.63) is 57.9 Å². The van der Waals surface area contributed by atoms with Gasteiger partial charge in [-0.2, -0.15) is 0 Å². The molecule has 0 aromatic rings. The van der Waals surface area contributed by atoms with Crippen molar-refractivity contribution in [2.45, 2.75) is 99.2 Å². The van der Waals surface area contributed by atoms with Gasteiger partial charge in [0, 0.05) is 36.5 Å². The molecule has 222 valence electrons. The molecule has 41 heavy (non-hydrogen) atoms. The van der Waals surface area contributed by atoms with E-state index in [4.69, 9.17) is 9.47 Å². The molecule has 1 heterocycles. The molecular weight excluding hydrogens is 516 g/mol. The van der Waals surface area contributed by atoms with E-state index in [1.807, 2.05) is 6.92 Å². The second-order valence-corrected chi connectivity index (χ2v) is 13.8. The number of allylic oxidation sites excluding steroid dienone is 6. The zero-order valence-electron chi connectivity index (χ0n) is 25.9. The predicted molar refractivity (Wildman–Crippen MR) is 158 cm³/mol. The van der Waals surface area contributed by atoms with Crippen LogP contribution >= 0.6 is 0 Å². The maximum atomic E-state index is 14.6. The number of aliphatic hydroxyl groups excluding tert-OH is 1. The van der Waals surface area contributed by atoms with E-state index in [1.165, 1.54) is 12.5 Å². The van der Waals surface area contributed by atoms with Crippen LogP contribution in [0.25, 0.3) is 0 Å². The van der Waals surface area contributed by atoms with Gasteiger partial charge in [0.05, 0.1) is 0 Å². The Bertz CT molecular complexity index is 1330. The van der Waals surface area contributed by atoms with Crippen LogP contribution in [0.5, 0.6) is 0 Å². The van der Waals surface area contributed by atoms with Crippen molar-refractivity contribution in [2.75, 3.05) is 0 Å². The van der Waals surface area contributed by atoms with Gasteiger partial charge in [-0.05, 0) is 71.1 Å². The molecular formula is C35H46O6. The molecule has 5 aliphatic rings. The average molecular weight is 563 g/mol. The predicted octanol–water partition coefficient (Wildman–Crippen LogP) is 7.13. The van der Waals surface area contributed by atoms with Gasteiger partial charge in [-0.1, -0.05) is 67.4 Å². The van der Waals surface area contributed by atoms with E-state index < -0.39 is 28.7 Å². The Balaban J connectivity index is 1.78. The number of carbonyl (C=O) groups excluding carboxylic acids is 3. The van der Waals surface area contributed by atoms with Crippen LogP contribution in [0.1, 0.15) is 87.5 Å². The zero-order valence-corrected chi connectivity index (χ0v) is 25.9. The Labute approximate surface area is 244 Å². The first-order valence-corrected chi connectivity index (χ1v) is 15.3. The first-order valence-electron chi connectivity index (χ1n) is 15.3. The standard InChI is InChI=1S/C35H46O6/c1-18-10-9-11-19(2)29-22(5)16-26-27(40-24(7)36)13-12-20(3)30(26)34(29,8)31(37)28-32(38)35(41-33(28)39)17-23(6)21(4)15-25(35)14-18/h11,14-16,20,23,25-27,29-30,37H,9-10,12-13,17H2,1-8H3/b18-14+,19-11+,31-28?/t20-,23+,25+,26+,27-,29+,30+,34+,35-/m0/s1. The highest BCUT2D eigenvalue weighted by Gasteiger charge is 2.63. The van der Waals surface area contributed by atoms with Crippen molar-refractivity contribution in [1.29, 1.82) is 0 Å². The normalized spacial score (nSPS) is 43.7. The van der Waals surface area contributed by atoms with Gasteiger partial charge in [0.1, 0.15) is 17.4 Å². The Morgan fingerprint density at radius 3 is 2.41 bits per heavy atom. The van der Waals surface area contributed by atoms with Crippen molar-refractivity contribution >= 4 is 17.7 Å². The summed E-state index contributed by atoms with van der Waals surface area (Å²) in [6, 6.07) is 0. The molecule has 9 atom stereocenters. The summed E-state index contributed by atoms with van der Waals surface area (Å²) in [5, 5.41) is 12.4. The van der Waals surface area contributed by atoms with Crippen molar-refractivity contribution in [3.63, 3.8) is 0 Å². The molecule has 1 spiro atoms. The molecule has 0 unspecified atom stereocenters. The number of aliphatic hydroxyl groups is 1. The number of Topliss-reactive ketones (excluding diaryl/α,β-unsaturated/α-hetero) is 1. The summed E-state index contributed by atoms with van der Waals surface area (Å²) in [7, 11) is 0. The molecule has 2 bridgehead atoms. The van der Waals surface area contributed by atoms with E-state index in [1.54, 1.807) is 0 Å². The molecule has 1 saturated carbocycles. The third-order valence-electron chi connectivity index (χ3n) is 11.0. The zero-order chi connectivity index (χ0) is 30.0. The minimum atomic E-state index is -1.36. The van der Waals surface area contributed by atoms with Crippen LogP contribution in [-0.2, 0) is 23.9 Å². The minimum Gasteiger partial charge on any atom is -0.511 e. The molecule has 0 radical (unpaired) electrons. The Kier molecular flexibility index (Phi) is 7.53. The van der Waals surface area contributed by atoms with E-state index in [0.29, 0.717) is 6.42 Å². The van der Waals surface area contributed by atoms with E-state index in [-0.39, 0.29) is 53.0 Å². The maximum Gasteiger partial charge on any atom is 0.346 e. The van der Waals surface area contributed by atoms with Crippen LogP contribution in [0.2, 0.25) is 0 Å². The maximum absolute atomic E-state index is 14.6. The molecule has 1 saturated heterocycles. The van der Waals surface area contributed by atoms with Gasteiger partial charge in [0.25, 0.3) is 0 Å². The van der Waals surface area contributed by atoms with Crippen molar-refractivity contribution in [2.24, 2.45) is 40.9 Å². The van der Waals surface area contributed by atoms with Gasteiger partial charge in [-0.25, -0.2) is 4.79 Å². The number of ketones is 1. The third-order valence-corrected chi connectivity index (χ3v) is 11.0. The topological polar surface area (TPSA) is 89.9 Å². The van der Waals surface area contributed by atoms with Gasteiger partial charge in [0.2, 0.25) is 5.78 Å². The monoisotopic (exact) mass is 562 g/mol. The van der Waals surface area contributed by atoms with Crippen LogP contribution in [-0.4, -0.2) is 34.5 Å². The second-order valence-electron chi connectivity index (χ2n) is 13.8. The van der Waals surface area contributed by atoms with Gasteiger partial charge < -0.3 is 14.6 Å². The smallest absolute Gasteiger partial charge is 0.346 e. The number of rotatable bonds is 1. The summed E-state index contributed by atoms with van der Waals surface area (Å²) >= 11 is 0. The fraction of sp³-hybridized carbons (Fsp3) is 0.629. The lowest BCUT2D eigenvalue weighted by atomic mass is 9.49. The number of ether oxygens (including phenoxy) is 2. The first kappa shape index (κ1) is 29.6. The quantitative estimate of drug-likeness (QED) is 0.208. The van der Waals surface area contributed by atoms with Crippen molar-refractivity contribution in [3.8, 4) is 0 Å². The largest absolute Gasteiger partial charge is 0.511 e. The summed E-state index contributed by atoms with van der Waals surface area (Å²) in [5.41, 5.74) is 1.94. The fourth-order valence-electron chi connectivity index (χ4n) is 9.10. The lowest BCUT2D eigenvalue weighted by molar-refractivity contribution is -0.156. The van der Waals surface area contributed by atoms with Gasteiger partial charge in [0.15, 0.2) is 5.60 Å². The molecule has 0 aromatic carbocycles. The second kappa shape index (κ2) is 10.4. The van der Waals surface area contributed by atoms with Crippen LogP contribution < -0.4 is 0 Å². The lowest BCUT2D eigenvalue weighted by Crippen LogP contribution is -2.54. The van der Waals surface area contributed by atoms with Crippen LogP contribution in [0.15, 0.2) is 57.9 Å². The molecule has 1 aliphatic heterocycles. The van der Waals surface area contributed by atoms with E-state index in [0.717, 1.165) is 42.4 Å². The summed E-state index contributed by atoms with van der Waals surface area (Å²) < 4.78 is 12.0. The third kappa shape index (κ3) is 4.56. The van der Waals surface area contributed by atoms with E-state index >= 15 is 0 Å². The molecule has 0 aromatic heterocycles. The highest BCUT2D eigenvalue weighted by molar-refractivity contribution is 6.26. The summed E-state index contributed by atoms with van der Waals surface area (Å²) in [5.74, 6) is -2.32. The molecule has 6 heteroatoms. The number of fused-ring (bicyclic) bond motifs is 4. The fourth-order valence-corrected chi connectivity index (χ4v) is 9.10. The Hall–Kier alpha value is -2.89. The highest BCUT2D eigenvalue weighted by atomic mass is 16.6. The van der Waals surface area contributed by atoms with Gasteiger partial charge in [-0.3, -0.25) is 9.59 Å². The molecule has 1 N–H and O–H groups in total. The average Bonchev–Trinajstić information content (AvgIpc) is 3.12. The lowest BCUT2D eigenvalue weighted by Gasteiger charge is -2.56. The van der Waals surface area contributed by atoms with Gasteiger partial charge in [-0.15, -0.1) is 0 Å². The van der Waals surface area contributed by atoms with Crippen molar-refractivity contribution < 1.29 is 29.0 Å². The van der Waals surface area contributed by atoms with Crippen LogP contribution in [0.4, 0.5) is 0 Å². The molecule has 4 aliphatic carbocycles. The number of esters is 2. The summed E-state index contributed by atoms with van der Waals surface area (Å²) in [4.78, 5) is 40.4. The summed E-state index contributed by atoms with van der Waals surface area (Å²) in [6.45, 7) is 16.0. The van der Waals surface area contributed by atoms with Crippen LogP contribution in [0.3, 0.4) is 0 Å². The molecule has 6 nitrogen and oxygen atoms in total. The number of hydrogen-bond donors (Lipinski definition) is 1. The molecule has 5 rings (SSSR count). The molecule has 0 amide bonds. The van der Waals surface area contributed by atoms with Gasteiger partial charge >= 0.3 is 11.9 Å². The van der Waals surface area contributed by atoms with Crippen LogP contribution in [0, 0.1) is 40.9 Å². The van der Waals surface area contributed by atoms with Crippen molar-refractivity contribution in [1.82, 2.24) is 0 Å². The number of hydrogen-bond acceptors (Lipinski definition) is 6. The molecule has 2 fully saturated rings. The summed E-state index contributed by atoms with van der Waals surface area (Å²) in [6.07, 6.45) is 11.9. The first-order chi connectivity index (χ1) is 19.2. The Morgan fingerprint density at radius 2 is 1.73 bits per heavy atom. The number of carbonyl (C=O) groups is 3. The Morgan fingerprint density at radius 1 is 1.02 bits per heavy atom.